The van der Waals surface area contributed by atoms with Gasteiger partial charge in [-0.25, -0.2) is 0 Å². The van der Waals surface area contributed by atoms with E-state index in [0.717, 1.165) is 17.7 Å². The maximum atomic E-state index is 12.6. The van der Waals surface area contributed by atoms with Crippen molar-refractivity contribution in [2.45, 2.75) is 52.2 Å². The molecule has 1 heterocycles. The number of carbonyl (C=O) groups excluding carboxylic acids is 2. The molecule has 5 heteroatoms. The highest BCUT2D eigenvalue weighted by Gasteiger charge is 2.37. The van der Waals surface area contributed by atoms with Gasteiger partial charge in [-0.05, 0) is 24.5 Å². The van der Waals surface area contributed by atoms with Crippen LogP contribution in [-0.2, 0) is 16.0 Å². The molecule has 0 spiro atoms. The summed E-state index contributed by atoms with van der Waals surface area (Å²) in [4.78, 5) is 26.1. The lowest BCUT2D eigenvalue weighted by molar-refractivity contribution is -0.126. The average Bonchev–Trinajstić information content (AvgIpc) is 2.91. The zero-order valence-electron chi connectivity index (χ0n) is 14.3. The Balaban J connectivity index is 2.10. The van der Waals surface area contributed by atoms with E-state index >= 15 is 0 Å². The summed E-state index contributed by atoms with van der Waals surface area (Å²) in [5.41, 5.74) is 0.835. The molecular weight excluding hydrogens is 292 g/mol. The van der Waals surface area contributed by atoms with E-state index in [1.807, 2.05) is 38.1 Å². The summed E-state index contributed by atoms with van der Waals surface area (Å²) in [6.45, 7) is 7.34. The third-order valence-corrected chi connectivity index (χ3v) is 4.91. The van der Waals surface area contributed by atoms with Crippen LogP contribution < -0.4 is 10.2 Å². The molecule has 1 aromatic rings. The van der Waals surface area contributed by atoms with Crippen molar-refractivity contribution < 1.29 is 14.7 Å². The van der Waals surface area contributed by atoms with Crippen molar-refractivity contribution in [1.82, 2.24) is 5.32 Å². The predicted molar refractivity (Wildman–Crippen MR) is 90.2 cm³/mol. The molecule has 0 saturated heterocycles. The SMILES string of the molecule is CCC(C)C(C)(O)CNC(=O)[C@@H]1Cc2ccccc2N1C(C)=O. The van der Waals surface area contributed by atoms with Gasteiger partial charge in [0, 0.05) is 25.6 Å². The molecule has 0 aromatic heterocycles. The van der Waals surface area contributed by atoms with E-state index in [2.05, 4.69) is 5.32 Å². The summed E-state index contributed by atoms with van der Waals surface area (Å²) in [5.74, 6) is -0.295. The van der Waals surface area contributed by atoms with E-state index in [4.69, 9.17) is 0 Å². The summed E-state index contributed by atoms with van der Waals surface area (Å²) < 4.78 is 0. The van der Waals surface area contributed by atoms with Gasteiger partial charge in [0.05, 0.1) is 5.60 Å². The number of nitrogens with zero attached hydrogens (tertiary/aromatic N) is 1. The van der Waals surface area contributed by atoms with Crippen LogP contribution in [0.15, 0.2) is 24.3 Å². The molecule has 0 radical (unpaired) electrons. The van der Waals surface area contributed by atoms with Gasteiger partial charge in [-0.15, -0.1) is 0 Å². The number of rotatable bonds is 5. The maximum absolute atomic E-state index is 12.6. The van der Waals surface area contributed by atoms with Crippen LogP contribution in [0.1, 0.15) is 39.7 Å². The number of para-hydroxylation sites is 1. The Bertz CT molecular complexity index is 598. The highest BCUT2D eigenvalue weighted by Crippen LogP contribution is 2.32. The summed E-state index contributed by atoms with van der Waals surface area (Å²) in [6, 6.07) is 7.03. The van der Waals surface area contributed by atoms with E-state index in [1.54, 1.807) is 11.8 Å². The zero-order chi connectivity index (χ0) is 17.2. The van der Waals surface area contributed by atoms with Crippen LogP contribution in [0.2, 0.25) is 0 Å². The fraction of sp³-hybridized carbons (Fsp3) is 0.556. The second kappa shape index (κ2) is 6.71. The minimum absolute atomic E-state index is 0.0764. The number of carbonyl (C=O) groups is 2. The molecule has 5 nitrogen and oxygen atoms in total. The quantitative estimate of drug-likeness (QED) is 0.871. The molecule has 23 heavy (non-hydrogen) atoms. The fourth-order valence-electron chi connectivity index (χ4n) is 2.98. The first-order valence-electron chi connectivity index (χ1n) is 8.15. The Morgan fingerprint density at radius 3 is 2.70 bits per heavy atom. The van der Waals surface area contributed by atoms with Crippen LogP contribution in [0.5, 0.6) is 0 Å². The molecule has 0 bridgehead atoms. The Labute approximate surface area is 137 Å². The number of aliphatic hydroxyl groups is 1. The lowest BCUT2D eigenvalue weighted by Crippen LogP contribution is -2.52. The molecular formula is C18H26N2O3. The molecule has 2 N–H and O–H groups in total. The average molecular weight is 318 g/mol. The fourth-order valence-corrected chi connectivity index (χ4v) is 2.98. The Hall–Kier alpha value is -1.88. The Kier molecular flexibility index (Phi) is 5.09. The molecule has 2 rings (SSSR count). The van der Waals surface area contributed by atoms with Gasteiger partial charge in [-0.3, -0.25) is 14.5 Å². The van der Waals surface area contributed by atoms with E-state index in [-0.39, 0.29) is 24.3 Å². The molecule has 126 valence electrons. The van der Waals surface area contributed by atoms with E-state index in [0.29, 0.717) is 6.42 Å². The molecule has 0 saturated carbocycles. The smallest absolute Gasteiger partial charge is 0.243 e. The number of amides is 2. The van der Waals surface area contributed by atoms with Crippen molar-refractivity contribution in [3.05, 3.63) is 29.8 Å². The van der Waals surface area contributed by atoms with Crippen molar-refractivity contribution in [2.75, 3.05) is 11.4 Å². The number of anilines is 1. The van der Waals surface area contributed by atoms with Crippen LogP contribution in [0, 0.1) is 5.92 Å². The molecule has 1 aliphatic heterocycles. The minimum atomic E-state index is -0.961. The maximum Gasteiger partial charge on any atom is 0.243 e. The molecule has 1 aromatic carbocycles. The monoisotopic (exact) mass is 318 g/mol. The number of hydrogen-bond donors (Lipinski definition) is 2. The summed E-state index contributed by atoms with van der Waals surface area (Å²) >= 11 is 0. The van der Waals surface area contributed by atoms with E-state index in [9.17, 15) is 14.7 Å². The normalized spacial score (nSPS) is 20.6. The summed E-state index contributed by atoms with van der Waals surface area (Å²) in [5, 5.41) is 13.2. The van der Waals surface area contributed by atoms with Crippen LogP contribution in [0.4, 0.5) is 5.69 Å². The molecule has 0 fully saturated rings. The van der Waals surface area contributed by atoms with E-state index in [1.165, 1.54) is 6.92 Å². The first kappa shape index (κ1) is 17.5. The van der Waals surface area contributed by atoms with Gasteiger partial charge in [0.25, 0.3) is 0 Å². The highest BCUT2D eigenvalue weighted by atomic mass is 16.3. The number of benzene rings is 1. The first-order chi connectivity index (χ1) is 10.8. The van der Waals surface area contributed by atoms with Crippen molar-refractivity contribution in [3.63, 3.8) is 0 Å². The predicted octanol–water partition coefficient (Wildman–Crippen LogP) is 1.88. The van der Waals surface area contributed by atoms with E-state index < -0.39 is 11.6 Å². The van der Waals surface area contributed by atoms with Crippen molar-refractivity contribution in [2.24, 2.45) is 5.92 Å². The Morgan fingerprint density at radius 2 is 2.09 bits per heavy atom. The molecule has 1 aliphatic rings. The number of fused-ring (bicyclic) bond motifs is 1. The molecule has 2 amide bonds. The van der Waals surface area contributed by atoms with Gasteiger partial charge >= 0.3 is 0 Å². The highest BCUT2D eigenvalue weighted by molar-refractivity contribution is 6.02. The lowest BCUT2D eigenvalue weighted by Gasteiger charge is -2.31. The minimum Gasteiger partial charge on any atom is -0.388 e. The topological polar surface area (TPSA) is 69.6 Å². The van der Waals surface area contributed by atoms with Crippen LogP contribution in [0.3, 0.4) is 0 Å². The summed E-state index contributed by atoms with van der Waals surface area (Å²) in [6.07, 6.45) is 1.34. The van der Waals surface area contributed by atoms with Crippen LogP contribution >= 0.6 is 0 Å². The lowest BCUT2D eigenvalue weighted by atomic mass is 9.88. The second-order valence-corrected chi connectivity index (χ2v) is 6.62. The first-order valence-corrected chi connectivity index (χ1v) is 8.15. The van der Waals surface area contributed by atoms with Gasteiger partial charge in [-0.1, -0.05) is 38.5 Å². The van der Waals surface area contributed by atoms with Crippen LogP contribution in [-0.4, -0.2) is 35.1 Å². The van der Waals surface area contributed by atoms with Crippen molar-refractivity contribution in [3.8, 4) is 0 Å². The second-order valence-electron chi connectivity index (χ2n) is 6.62. The van der Waals surface area contributed by atoms with Crippen LogP contribution in [0.25, 0.3) is 0 Å². The third-order valence-electron chi connectivity index (χ3n) is 4.91. The standard InChI is InChI=1S/C18H26N2O3/c1-5-12(2)18(4,23)11-19-17(22)16-10-14-8-6-7-9-15(14)20(16)13(3)21/h6-9,12,16,23H,5,10-11H2,1-4H3,(H,19,22)/t12?,16-,18?/m0/s1. The van der Waals surface area contributed by atoms with Crippen molar-refractivity contribution in [1.29, 1.82) is 0 Å². The van der Waals surface area contributed by atoms with Gasteiger partial charge in [0.1, 0.15) is 6.04 Å². The van der Waals surface area contributed by atoms with Gasteiger partial charge < -0.3 is 10.4 Å². The van der Waals surface area contributed by atoms with Gasteiger partial charge in [-0.2, -0.15) is 0 Å². The summed E-state index contributed by atoms with van der Waals surface area (Å²) in [7, 11) is 0. The zero-order valence-corrected chi connectivity index (χ0v) is 14.3. The molecule has 0 aliphatic carbocycles. The third kappa shape index (κ3) is 3.55. The van der Waals surface area contributed by atoms with Crippen molar-refractivity contribution >= 4 is 17.5 Å². The van der Waals surface area contributed by atoms with Gasteiger partial charge in [0.15, 0.2) is 0 Å². The molecule has 2 unspecified atom stereocenters. The number of hydrogen-bond acceptors (Lipinski definition) is 3. The molecule has 3 atom stereocenters. The van der Waals surface area contributed by atoms with Gasteiger partial charge in [0.2, 0.25) is 11.8 Å². The Morgan fingerprint density at radius 1 is 1.43 bits per heavy atom. The number of nitrogens with one attached hydrogen (secondary N) is 1. The largest absolute Gasteiger partial charge is 0.388 e.